The van der Waals surface area contributed by atoms with Crippen molar-refractivity contribution >= 4 is 47.5 Å². The van der Waals surface area contributed by atoms with Crippen molar-refractivity contribution in [2.45, 2.75) is 226 Å². The lowest BCUT2D eigenvalue weighted by Gasteiger charge is -2.22. The minimum atomic E-state index is -0.899. The number of carboxylic acid groups (broad SMARTS) is 1. The van der Waals surface area contributed by atoms with E-state index in [1.807, 2.05) is 0 Å². The first kappa shape index (κ1) is 60.3. The Morgan fingerprint density at radius 3 is 1.68 bits per heavy atom. The fourth-order valence-electron chi connectivity index (χ4n) is 7.38. The second kappa shape index (κ2) is 42.6. The Balaban J connectivity index is 2.47. The number of ether oxygens (including phenoxy) is 3. The van der Waals surface area contributed by atoms with Gasteiger partial charge >= 0.3 is 23.9 Å². The van der Waals surface area contributed by atoms with E-state index in [1.54, 1.807) is 18.0 Å². The van der Waals surface area contributed by atoms with Gasteiger partial charge in [-0.1, -0.05) is 154 Å². The van der Waals surface area contributed by atoms with Crippen LogP contribution in [0.1, 0.15) is 213 Å². The second-order valence-corrected chi connectivity index (χ2v) is 18.7. The Labute approximate surface area is 401 Å². The first-order chi connectivity index (χ1) is 32.1. The third-order valence-corrected chi connectivity index (χ3v) is 12.4. The van der Waals surface area contributed by atoms with E-state index < -0.39 is 24.0 Å². The van der Waals surface area contributed by atoms with Crippen molar-refractivity contribution in [3.05, 3.63) is 11.9 Å². The van der Waals surface area contributed by atoms with Crippen LogP contribution in [0.3, 0.4) is 0 Å². The number of aryl methyl sites for hydroxylation is 2. The molecular formula is C50H89N5O10S. The van der Waals surface area contributed by atoms with Crippen LogP contribution in [0.15, 0.2) is 6.20 Å². The van der Waals surface area contributed by atoms with Crippen LogP contribution in [0, 0.1) is 0 Å². The molecule has 380 valence electrons. The molecule has 15 nitrogen and oxygen atoms in total. The predicted octanol–water partition coefficient (Wildman–Crippen LogP) is 9.95. The largest absolute Gasteiger partial charge is 0.481 e. The lowest BCUT2D eigenvalue weighted by Crippen LogP contribution is -2.39. The number of hydrogen-bond donors (Lipinski definition) is 2. The Morgan fingerprint density at radius 2 is 1.15 bits per heavy atom. The van der Waals surface area contributed by atoms with Gasteiger partial charge in [-0.05, 0) is 25.7 Å². The highest BCUT2D eigenvalue weighted by atomic mass is 32.2. The number of hydrogen-bond acceptors (Lipinski definition) is 12. The molecule has 1 atom stereocenters. The summed E-state index contributed by atoms with van der Waals surface area (Å²) < 4.78 is 18.2. The summed E-state index contributed by atoms with van der Waals surface area (Å²) in [4.78, 5) is 75.4. The summed E-state index contributed by atoms with van der Waals surface area (Å²) in [6.07, 6.45) is 29.1. The molecule has 0 saturated heterocycles. The van der Waals surface area contributed by atoms with E-state index in [-0.39, 0.29) is 63.2 Å². The van der Waals surface area contributed by atoms with Gasteiger partial charge in [-0.2, -0.15) is 11.8 Å². The SMILES string of the molecule is CCCCCCCCCCCCCC(=O)OCC(COC(=O)CCn1cc(CCCC(=O)NCCN(CCSCCC(=O)O)C(=O)CC)nn1)OC(=O)CCCCCCCCCCCCC. The smallest absolute Gasteiger partial charge is 0.307 e. The molecule has 0 aliphatic rings. The molecule has 1 heterocycles. The van der Waals surface area contributed by atoms with Crippen molar-refractivity contribution in [2.75, 3.05) is 44.4 Å². The number of unbranched alkanes of at least 4 members (excludes halogenated alkanes) is 20. The summed E-state index contributed by atoms with van der Waals surface area (Å²) in [6.45, 7) is 7.27. The van der Waals surface area contributed by atoms with E-state index in [9.17, 15) is 28.8 Å². The maximum absolute atomic E-state index is 12.8. The van der Waals surface area contributed by atoms with E-state index in [0.29, 0.717) is 62.5 Å². The third-order valence-electron chi connectivity index (χ3n) is 11.4. The van der Waals surface area contributed by atoms with Crippen LogP contribution in [0.2, 0.25) is 0 Å². The normalized spacial score (nSPS) is 11.6. The summed E-state index contributed by atoms with van der Waals surface area (Å²) >= 11 is 1.48. The highest BCUT2D eigenvalue weighted by Crippen LogP contribution is 2.15. The summed E-state index contributed by atoms with van der Waals surface area (Å²) in [6, 6.07) is 0. The Hall–Kier alpha value is -3.69. The summed E-state index contributed by atoms with van der Waals surface area (Å²) in [7, 11) is 0. The number of nitrogens with one attached hydrogen (secondary N) is 1. The van der Waals surface area contributed by atoms with Gasteiger partial charge in [-0.15, -0.1) is 5.10 Å². The standard InChI is InChI=1S/C50H89N5O10S/c1-4-7-9-11-13-15-17-19-21-23-25-30-48(60)63-41-44(65-50(62)31-26-24-22-20-18-16-14-12-10-8-5-2)42-64-49(61)32-35-55-40-43(52-53-55)28-27-29-45(56)51-34-36-54(46(57)6-3)37-39-66-38-33-47(58)59/h40,44H,4-39,41-42H2,1-3H3,(H,51,56)(H,58,59). The van der Waals surface area contributed by atoms with Gasteiger partial charge in [-0.25, -0.2) is 0 Å². The number of rotatable bonds is 46. The number of thioether (sulfide) groups is 1. The van der Waals surface area contributed by atoms with Gasteiger partial charge < -0.3 is 29.5 Å². The Bertz CT molecular complexity index is 1430. The number of aromatic nitrogens is 3. The zero-order valence-corrected chi connectivity index (χ0v) is 42.2. The molecule has 1 rings (SSSR count). The third kappa shape index (κ3) is 36.4. The average molecular weight is 952 g/mol. The molecule has 0 aliphatic carbocycles. The maximum atomic E-state index is 12.8. The molecule has 0 fully saturated rings. The van der Waals surface area contributed by atoms with Gasteiger partial charge in [0.25, 0.3) is 0 Å². The number of carbonyl (C=O) groups is 6. The van der Waals surface area contributed by atoms with Crippen LogP contribution < -0.4 is 5.32 Å². The number of aliphatic carboxylic acids is 1. The highest BCUT2D eigenvalue weighted by Gasteiger charge is 2.20. The van der Waals surface area contributed by atoms with E-state index in [4.69, 9.17) is 19.3 Å². The molecule has 0 aromatic carbocycles. The van der Waals surface area contributed by atoms with Crippen molar-refractivity contribution < 1.29 is 48.1 Å². The fourth-order valence-corrected chi connectivity index (χ4v) is 8.25. The topological polar surface area (TPSA) is 196 Å². The molecule has 1 aromatic heterocycles. The van der Waals surface area contributed by atoms with Crippen molar-refractivity contribution in [3.8, 4) is 0 Å². The molecule has 2 amide bonds. The highest BCUT2D eigenvalue weighted by molar-refractivity contribution is 7.99. The molecule has 1 unspecified atom stereocenters. The molecule has 0 saturated carbocycles. The quantitative estimate of drug-likeness (QED) is 0.0356. The van der Waals surface area contributed by atoms with E-state index >= 15 is 0 Å². The van der Waals surface area contributed by atoms with Gasteiger partial charge in [0.2, 0.25) is 11.8 Å². The van der Waals surface area contributed by atoms with Crippen LogP contribution in [-0.2, 0) is 55.9 Å². The summed E-state index contributed by atoms with van der Waals surface area (Å²) in [5, 5.41) is 19.9. The zero-order chi connectivity index (χ0) is 48.3. The monoisotopic (exact) mass is 952 g/mol. The number of amides is 2. The minimum absolute atomic E-state index is 0.00182. The van der Waals surface area contributed by atoms with Crippen LogP contribution >= 0.6 is 11.8 Å². The minimum Gasteiger partial charge on any atom is -0.481 e. The van der Waals surface area contributed by atoms with Crippen LogP contribution in [0.5, 0.6) is 0 Å². The van der Waals surface area contributed by atoms with E-state index in [2.05, 4.69) is 29.5 Å². The lowest BCUT2D eigenvalue weighted by atomic mass is 10.1. The predicted molar refractivity (Wildman–Crippen MR) is 261 cm³/mol. The zero-order valence-electron chi connectivity index (χ0n) is 41.3. The average Bonchev–Trinajstić information content (AvgIpc) is 3.76. The molecule has 1 aromatic rings. The molecule has 0 bridgehead atoms. The van der Waals surface area contributed by atoms with Crippen molar-refractivity contribution in [1.29, 1.82) is 0 Å². The first-order valence-electron chi connectivity index (χ1n) is 25.8. The molecule has 0 aliphatic heterocycles. The van der Waals surface area contributed by atoms with Gasteiger partial charge in [0, 0.05) is 63.0 Å². The number of carboxylic acids is 1. The molecule has 0 radical (unpaired) electrons. The van der Waals surface area contributed by atoms with Gasteiger partial charge in [0.1, 0.15) is 13.2 Å². The van der Waals surface area contributed by atoms with Crippen LogP contribution in [-0.4, -0.2) is 111 Å². The molecular weight excluding hydrogens is 863 g/mol. The van der Waals surface area contributed by atoms with Crippen LogP contribution in [0.25, 0.3) is 0 Å². The van der Waals surface area contributed by atoms with Crippen LogP contribution in [0.4, 0.5) is 0 Å². The van der Waals surface area contributed by atoms with E-state index in [0.717, 1.165) is 44.9 Å². The number of esters is 3. The van der Waals surface area contributed by atoms with Crippen molar-refractivity contribution in [3.63, 3.8) is 0 Å². The van der Waals surface area contributed by atoms with Crippen molar-refractivity contribution in [1.82, 2.24) is 25.2 Å². The Morgan fingerprint density at radius 1 is 0.636 bits per heavy atom. The summed E-state index contributed by atoms with van der Waals surface area (Å²) in [5.74, 6) is -1.14. The Kier molecular flexibility index (Phi) is 39.0. The van der Waals surface area contributed by atoms with Gasteiger partial charge in [0.05, 0.1) is 25.1 Å². The van der Waals surface area contributed by atoms with Crippen molar-refractivity contribution in [2.24, 2.45) is 0 Å². The number of nitrogens with zero attached hydrogens (tertiary/aromatic N) is 4. The fraction of sp³-hybridized carbons (Fsp3) is 0.840. The molecule has 16 heteroatoms. The van der Waals surface area contributed by atoms with Gasteiger partial charge in [-0.3, -0.25) is 33.4 Å². The first-order valence-corrected chi connectivity index (χ1v) is 27.0. The second-order valence-electron chi connectivity index (χ2n) is 17.5. The van der Waals surface area contributed by atoms with Gasteiger partial charge in [0.15, 0.2) is 6.10 Å². The maximum Gasteiger partial charge on any atom is 0.307 e. The summed E-state index contributed by atoms with van der Waals surface area (Å²) in [5.41, 5.74) is 0.677. The molecule has 2 N–H and O–H groups in total. The lowest BCUT2D eigenvalue weighted by molar-refractivity contribution is -0.167. The molecule has 0 spiro atoms. The molecule has 66 heavy (non-hydrogen) atoms. The number of carbonyl (C=O) groups excluding carboxylic acids is 5. The van der Waals surface area contributed by atoms with E-state index in [1.165, 1.54) is 113 Å².